The van der Waals surface area contributed by atoms with Gasteiger partial charge in [0, 0.05) is 5.69 Å². The van der Waals surface area contributed by atoms with E-state index in [-0.39, 0.29) is 6.61 Å². The summed E-state index contributed by atoms with van der Waals surface area (Å²) in [6, 6.07) is 10.7. The van der Waals surface area contributed by atoms with Gasteiger partial charge in [0.15, 0.2) is 18.1 Å². The average Bonchev–Trinajstić information content (AvgIpc) is 2.52. The zero-order valence-electron chi connectivity index (χ0n) is 12.3. The number of carbonyl (C=O) groups is 1. The van der Waals surface area contributed by atoms with Crippen LogP contribution in [0.5, 0.6) is 17.2 Å². The highest BCUT2D eigenvalue weighted by molar-refractivity contribution is 5.91. The lowest BCUT2D eigenvalue weighted by Gasteiger charge is -2.13. The van der Waals surface area contributed by atoms with Crippen LogP contribution in [-0.2, 0) is 4.79 Å². The SMILES string of the molecule is COc1cccc(OCC(=O)Nc2cccc(F)c2)c1OC. The van der Waals surface area contributed by atoms with Gasteiger partial charge in [-0.3, -0.25) is 4.79 Å². The van der Waals surface area contributed by atoms with Gasteiger partial charge in [0.25, 0.3) is 5.91 Å². The molecule has 0 aliphatic carbocycles. The van der Waals surface area contributed by atoms with Crippen molar-refractivity contribution in [2.24, 2.45) is 0 Å². The van der Waals surface area contributed by atoms with E-state index in [1.54, 1.807) is 24.3 Å². The van der Waals surface area contributed by atoms with E-state index in [0.717, 1.165) is 0 Å². The highest BCUT2D eigenvalue weighted by Crippen LogP contribution is 2.36. The van der Waals surface area contributed by atoms with Gasteiger partial charge in [-0.05, 0) is 30.3 Å². The third-order valence-electron chi connectivity index (χ3n) is 2.83. The highest BCUT2D eigenvalue weighted by Gasteiger charge is 2.12. The Morgan fingerprint density at radius 3 is 2.50 bits per heavy atom. The molecule has 1 amide bonds. The van der Waals surface area contributed by atoms with Crippen LogP contribution in [-0.4, -0.2) is 26.7 Å². The normalized spacial score (nSPS) is 9.95. The summed E-state index contributed by atoms with van der Waals surface area (Å²) in [7, 11) is 3.00. The molecular formula is C16H16FNO4. The molecule has 6 heteroatoms. The van der Waals surface area contributed by atoms with E-state index in [9.17, 15) is 9.18 Å². The van der Waals surface area contributed by atoms with E-state index in [4.69, 9.17) is 14.2 Å². The Morgan fingerprint density at radius 1 is 1.09 bits per heavy atom. The number of methoxy groups -OCH3 is 2. The second-order valence-corrected chi connectivity index (χ2v) is 4.34. The van der Waals surface area contributed by atoms with Gasteiger partial charge < -0.3 is 19.5 Å². The van der Waals surface area contributed by atoms with Gasteiger partial charge >= 0.3 is 0 Å². The largest absolute Gasteiger partial charge is 0.493 e. The number of nitrogens with one attached hydrogen (secondary N) is 1. The fraction of sp³-hybridized carbons (Fsp3) is 0.188. The van der Waals surface area contributed by atoms with Crippen molar-refractivity contribution in [1.82, 2.24) is 0 Å². The first-order chi connectivity index (χ1) is 10.6. The Balaban J connectivity index is 1.99. The van der Waals surface area contributed by atoms with Gasteiger partial charge in [-0.2, -0.15) is 0 Å². The first kappa shape index (κ1) is 15.6. The van der Waals surface area contributed by atoms with E-state index < -0.39 is 11.7 Å². The number of anilines is 1. The van der Waals surface area contributed by atoms with Gasteiger partial charge in [-0.1, -0.05) is 12.1 Å². The molecule has 0 aliphatic heterocycles. The minimum Gasteiger partial charge on any atom is -0.493 e. The van der Waals surface area contributed by atoms with E-state index >= 15 is 0 Å². The zero-order valence-corrected chi connectivity index (χ0v) is 12.3. The third kappa shape index (κ3) is 3.88. The molecule has 0 spiro atoms. The summed E-state index contributed by atoms with van der Waals surface area (Å²) >= 11 is 0. The van der Waals surface area contributed by atoms with Crippen LogP contribution < -0.4 is 19.5 Å². The predicted octanol–water partition coefficient (Wildman–Crippen LogP) is 2.86. The lowest BCUT2D eigenvalue weighted by molar-refractivity contribution is -0.118. The van der Waals surface area contributed by atoms with Crippen molar-refractivity contribution in [1.29, 1.82) is 0 Å². The first-order valence-corrected chi connectivity index (χ1v) is 6.53. The maximum absolute atomic E-state index is 13.0. The summed E-state index contributed by atoms with van der Waals surface area (Å²) in [5.41, 5.74) is 0.367. The number of benzene rings is 2. The van der Waals surface area contributed by atoms with Gasteiger partial charge in [0.05, 0.1) is 14.2 Å². The van der Waals surface area contributed by atoms with Crippen LogP contribution in [0.15, 0.2) is 42.5 Å². The molecule has 0 atom stereocenters. The Bertz CT molecular complexity index is 660. The second kappa shape index (κ2) is 7.31. The molecule has 22 heavy (non-hydrogen) atoms. The van der Waals surface area contributed by atoms with Crippen molar-refractivity contribution in [3.63, 3.8) is 0 Å². The smallest absolute Gasteiger partial charge is 0.262 e. The molecule has 0 aliphatic rings. The number of rotatable bonds is 6. The van der Waals surface area contributed by atoms with Crippen molar-refractivity contribution in [2.75, 3.05) is 26.1 Å². The summed E-state index contributed by atoms with van der Waals surface area (Å²) in [4.78, 5) is 11.8. The van der Waals surface area contributed by atoms with Gasteiger partial charge in [0.1, 0.15) is 5.82 Å². The summed E-state index contributed by atoms with van der Waals surface area (Å²) < 4.78 is 28.8. The molecule has 116 valence electrons. The standard InChI is InChI=1S/C16H16FNO4/c1-20-13-7-4-8-14(16(13)21-2)22-10-15(19)18-12-6-3-5-11(17)9-12/h3-9H,10H2,1-2H3,(H,18,19). The quantitative estimate of drug-likeness (QED) is 0.891. The Hall–Kier alpha value is -2.76. The van der Waals surface area contributed by atoms with Crippen LogP contribution in [0, 0.1) is 5.82 Å². The number of hydrogen-bond donors (Lipinski definition) is 1. The second-order valence-electron chi connectivity index (χ2n) is 4.34. The van der Waals surface area contributed by atoms with Gasteiger partial charge in [0.2, 0.25) is 5.75 Å². The molecule has 0 bridgehead atoms. The van der Waals surface area contributed by atoms with Crippen molar-refractivity contribution in [3.8, 4) is 17.2 Å². The molecule has 2 aromatic carbocycles. The van der Waals surface area contributed by atoms with Crippen LogP contribution >= 0.6 is 0 Å². The fourth-order valence-corrected chi connectivity index (χ4v) is 1.88. The average molecular weight is 305 g/mol. The molecule has 0 unspecified atom stereocenters. The number of halogens is 1. The predicted molar refractivity (Wildman–Crippen MR) is 80.1 cm³/mol. The monoisotopic (exact) mass is 305 g/mol. The molecule has 0 aromatic heterocycles. The maximum atomic E-state index is 13.0. The minimum absolute atomic E-state index is 0.236. The molecule has 2 aromatic rings. The van der Waals surface area contributed by atoms with Gasteiger partial charge in [-0.25, -0.2) is 4.39 Å². The Kier molecular flexibility index (Phi) is 5.19. The van der Waals surface area contributed by atoms with Crippen molar-refractivity contribution in [3.05, 3.63) is 48.3 Å². The summed E-state index contributed by atoms with van der Waals surface area (Å²) in [5, 5.41) is 2.54. The number of amides is 1. The zero-order chi connectivity index (χ0) is 15.9. The molecule has 0 saturated carbocycles. The van der Waals surface area contributed by atoms with Crippen LogP contribution in [0.1, 0.15) is 0 Å². The highest BCUT2D eigenvalue weighted by atomic mass is 19.1. The molecular weight excluding hydrogens is 289 g/mol. The third-order valence-corrected chi connectivity index (χ3v) is 2.83. The Labute approximate surface area is 127 Å². The summed E-state index contributed by atoms with van der Waals surface area (Å²) in [6.45, 7) is -0.236. The number of para-hydroxylation sites is 1. The molecule has 2 rings (SSSR count). The van der Waals surface area contributed by atoms with Crippen LogP contribution in [0.2, 0.25) is 0 Å². The summed E-state index contributed by atoms with van der Waals surface area (Å²) in [5.74, 6) is 0.467. The van der Waals surface area contributed by atoms with Crippen molar-refractivity contribution >= 4 is 11.6 Å². The van der Waals surface area contributed by atoms with E-state index in [0.29, 0.717) is 22.9 Å². The summed E-state index contributed by atoms with van der Waals surface area (Å²) in [6.07, 6.45) is 0. The molecule has 0 radical (unpaired) electrons. The van der Waals surface area contributed by atoms with Crippen molar-refractivity contribution in [2.45, 2.75) is 0 Å². The maximum Gasteiger partial charge on any atom is 0.262 e. The molecule has 0 heterocycles. The molecule has 0 saturated heterocycles. The van der Waals surface area contributed by atoms with E-state index in [2.05, 4.69) is 5.32 Å². The van der Waals surface area contributed by atoms with Crippen LogP contribution in [0.3, 0.4) is 0 Å². The molecule has 1 N–H and O–H groups in total. The van der Waals surface area contributed by atoms with E-state index in [1.807, 2.05) is 0 Å². The topological polar surface area (TPSA) is 56.8 Å². The lowest BCUT2D eigenvalue weighted by atomic mass is 10.3. The van der Waals surface area contributed by atoms with Crippen molar-refractivity contribution < 1.29 is 23.4 Å². The Morgan fingerprint density at radius 2 is 1.82 bits per heavy atom. The van der Waals surface area contributed by atoms with E-state index in [1.165, 1.54) is 32.4 Å². The molecule has 0 fully saturated rings. The van der Waals surface area contributed by atoms with Crippen LogP contribution in [0.4, 0.5) is 10.1 Å². The van der Waals surface area contributed by atoms with Crippen LogP contribution in [0.25, 0.3) is 0 Å². The minimum atomic E-state index is -0.423. The lowest BCUT2D eigenvalue weighted by Crippen LogP contribution is -2.20. The first-order valence-electron chi connectivity index (χ1n) is 6.53. The number of hydrogen-bond acceptors (Lipinski definition) is 4. The number of ether oxygens (including phenoxy) is 3. The molecule has 5 nitrogen and oxygen atoms in total. The number of carbonyl (C=O) groups excluding carboxylic acids is 1. The van der Waals surface area contributed by atoms with Gasteiger partial charge in [-0.15, -0.1) is 0 Å². The fourth-order valence-electron chi connectivity index (χ4n) is 1.88.